The number of benzene rings is 1. The highest BCUT2D eigenvalue weighted by atomic mass is 32.2. The maximum atomic E-state index is 13.1. The third kappa shape index (κ3) is 5.60. The van der Waals surface area contributed by atoms with Gasteiger partial charge in [0.25, 0.3) is 5.91 Å². The fourth-order valence-corrected chi connectivity index (χ4v) is 7.10. The quantitative estimate of drug-likeness (QED) is 0.540. The second kappa shape index (κ2) is 10.6. The molecule has 0 aromatic heterocycles. The lowest BCUT2D eigenvalue weighted by molar-refractivity contribution is -0.125. The number of hydrogen-bond donors (Lipinski definition) is 2. The Morgan fingerprint density at radius 2 is 1.76 bits per heavy atom. The Kier molecular flexibility index (Phi) is 8.22. The molecule has 0 aliphatic heterocycles. The molecule has 2 aliphatic rings. The summed E-state index contributed by atoms with van der Waals surface area (Å²) in [5, 5.41) is 5.99. The molecule has 2 saturated carbocycles. The van der Waals surface area contributed by atoms with Crippen LogP contribution in [0.15, 0.2) is 29.2 Å². The van der Waals surface area contributed by atoms with Gasteiger partial charge in [-0.2, -0.15) is 4.31 Å². The van der Waals surface area contributed by atoms with Gasteiger partial charge in [-0.15, -0.1) is 0 Å². The summed E-state index contributed by atoms with van der Waals surface area (Å²) in [5.74, 6) is 1.28. The molecule has 5 atom stereocenters. The zero-order valence-corrected chi connectivity index (χ0v) is 21.3. The first kappa shape index (κ1) is 25.7. The molecule has 0 radical (unpaired) electrons. The number of fused-ring (bicyclic) bond motifs is 2. The van der Waals surface area contributed by atoms with Gasteiger partial charge in [-0.05, 0) is 68.1 Å². The van der Waals surface area contributed by atoms with Crippen molar-refractivity contribution in [3.8, 4) is 0 Å². The number of sulfonamides is 1. The van der Waals surface area contributed by atoms with E-state index in [4.69, 9.17) is 0 Å². The van der Waals surface area contributed by atoms with Crippen molar-refractivity contribution < 1.29 is 18.0 Å². The second-order valence-corrected chi connectivity index (χ2v) is 11.9. The fraction of sp³-hybridized carbons (Fsp3) is 0.680. The van der Waals surface area contributed by atoms with Gasteiger partial charge in [0.05, 0.1) is 4.90 Å². The van der Waals surface area contributed by atoms with Gasteiger partial charge in [-0.25, -0.2) is 8.42 Å². The molecule has 1 aromatic rings. The van der Waals surface area contributed by atoms with Gasteiger partial charge in [0.1, 0.15) is 6.04 Å². The Morgan fingerprint density at radius 1 is 1.06 bits per heavy atom. The summed E-state index contributed by atoms with van der Waals surface area (Å²) < 4.78 is 27.0. The molecule has 2 N–H and O–H groups in total. The van der Waals surface area contributed by atoms with E-state index in [2.05, 4.69) is 17.6 Å². The normalized spacial score (nSPS) is 24.2. The molecule has 3 rings (SSSR count). The minimum Gasteiger partial charge on any atom is -0.352 e. The van der Waals surface area contributed by atoms with Crippen molar-refractivity contribution in [2.45, 2.75) is 77.3 Å². The van der Waals surface area contributed by atoms with Gasteiger partial charge in [-0.3, -0.25) is 9.59 Å². The van der Waals surface area contributed by atoms with Crippen molar-refractivity contribution >= 4 is 21.8 Å². The highest BCUT2D eigenvalue weighted by Gasteiger charge is 2.42. The van der Waals surface area contributed by atoms with Crippen LogP contribution < -0.4 is 10.6 Å². The predicted octanol–water partition coefficient (Wildman–Crippen LogP) is 3.41. The Bertz CT molecular complexity index is 958. The van der Waals surface area contributed by atoms with Crippen LogP contribution in [0.25, 0.3) is 0 Å². The van der Waals surface area contributed by atoms with Crippen molar-refractivity contribution in [2.24, 2.45) is 23.7 Å². The molecule has 0 saturated heterocycles. The van der Waals surface area contributed by atoms with Crippen molar-refractivity contribution in [2.75, 3.05) is 13.1 Å². The molecular formula is C25H39N3O4S. The largest absolute Gasteiger partial charge is 0.352 e. The molecule has 8 heteroatoms. The van der Waals surface area contributed by atoms with Crippen molar-refractivity contribution in [1.82, 2.24) is 14.9 Å². The fourth-order valence-electron chi connectivity index (χ4n) is 5.60. The maximum absolute atomic E-state index is 13.1. The summed E-state index contributed by atoms with van der Waals surface area (Å²) in [6.07, 6.45) is 5.03. The van der Waals surface area contributed by atoms with Crippen LogP contribution in [0.2, 0.25) is 0 Å². The van der Waals surface area contributed by atoms with Crippen LogP contribution >= 0.6 is 0 Å². The van der Waals surface area contributed by atoms with Crippen LogP contribution in [0.3, 0.4) is 0 Å². The summed E-state index contributed by atoms with van der Waals surface area (Å²) in [4.78, 5) is 26.2. The first-order chi connectivity index (χ1) is 15.6. The van der Waals surface area contributed by atoms with E-state index in [0.717, 1.165) is 5.92 Å². The minimum atomic E-state index is -3.67. The van der Waals surface area contributed by atoms with Crippen molar-refractivity contribution in [1.29, 1.82) is 0 Å². The van der Waals surface area contributed by atoms with E-state index in [9.17, 15) is 18.0 Å². The summed E-state index contributed by atoms with van der Waals surface area (Å²) in [6.45, 7) is 10.1. The molecule has 0 spiro atoms. The average molecular weight is 478 g/mol. The molecule has 0 heterocycles. The number of hydrogen-bond acceptors (Lipinski definition) is 4. The molecule has 184 valence electrons. The number of nitrogens with one attached hydrogen (secondary N) is 2. The minimum absolute atomic E-state index is 0.0773. The first-order valence-corrected chi connectivity index (χ1v) is 13.7. The zero-order valence-electron chi connectivity index (χ0n) is 20.5. The molecule has 0 unspecified atom stereocenters. The lowest BCUT2D eigenvalue weighted by Gasteiger charge is -2.31. The molecule has 2 aliphatic carbocycles. The van der Waals surface area contributed by atoms with E-state index in [-0.39, 0.29) is 28.3 Å². The predicted molar refractivity (Wildman–Crippen MR) is 129 cm³/mol. The summed E-state index contributed by atoms with van der Waals surface area (Å²) in [5.41, 5.74) is 0.225. The standard InChI is InChI=1S/C25H39N3O4S/c1-6-28(7-2)33(31,32)21-10-8-9-20(15-21)24(29)27-23(16(3)4)25(30)26-17(5)22-14-18-11-12-19(22)13-18/h8-10,15-19,22-23H,6-7,11-14H2,1-5H3,(H,26,30)(H,27,29)/t17-,18+,19+,22-,23-/m0/s1. The number of rotatable bonds is 10. The first-order valence-electron chi connectivity index (χ1n) is 12.3. The zero-order chi connectivity index (χ0) is 24.3. The van der Waals surface area contributed by atoms with Gasteiger partial charge in [0.15, 0.2) is 0 Å². The maximum Gasteiger partial charge on any atom is 0.251 e. The van der Waals surface area contributed by atoms with Crippen LogP contribution in [0, 0.1) is 23.7 Å². The number of nitrogens with zero attached hydrogens (tertiary/aromatic N) is 1. The third-order valence-electron chi connectivity index (χ3n) is 7.48. The van der Waals surface area contributed by atoms with Gasteiger partial charge in [-0.1, -0.05) is 40.2 Å². The molecular weight excluding hydrogens is 438 g/mol. The van der Waals surface area contributed by atoms with E-state index in [1.807, 2.05) is 13.8 Å². The molecule has 1 aromatic carbocycles. The van der Waals surface area contributed by atoms with Crippen LogP contribution in [0.4, 0.5) is 0 Å². The van der Waals surface area contributed by atoms with Gasteiger partial charge < -0.3 is 10.6 Å². The van der Waals surface area contributed by atoms with E-state index in [1.165, 1.54) is 42.1 Å². The van der Waals surface area contributed by atoms with E-state index >= 15 is 0 Å². The highest BCUT2D eigenvalue weighted by molar-refractivity contribution is 7.89. The second-order valence-electron chi connectivity index (χ2n) is 9.95. The summed E-state index contributed by atoms with van der Waals surface area (Å²) in [6, 6.07) is 5.40. The van der Waals surface area contributed by atoms with Crippen LogP contribution in [-0.4, -0.2) is 49.7 Å². The molecule has 2 bridgehead atoms. The van der Waals surface area contributed by atoms with E-state index < -0.39 is 22.0 Å². The van der Waals surface area contributed by atoms with Gasteiger partial charge in [0, 0.05) is 24.7 Å². The summed E-state index contributed by atoms with van der Waals surface area (Å²) in [7, 11) is -3.67. The van der Waals surface area contributed by atoms with Gasteiger partial charge >= 0.3 is 0 Å². The number of carbonyl (C=O) groups excluding carboxylic acids is 2. The molecule has 7 nitrogen and oxygen atoms in total. The van der Waals surface area contributed by atoms with Crippen LogP contribution in [-0.2, 0) is 14.8 Å². The SMILES string of the molecule is CCN(CC)S(=O)(=O)c1cccc(C(=O)N[C@H](C(=O)N[C@@H](C)[C@@H]2C[C@@H]3CC[C@@H]2C3)C(C)C)c1. The number of carbonyl (C=O) groups is 2. The topological polar surface area (TPSA) is 95.6 Å². The Hall–Kier alpha value is -1.93. The third-order valence-corrected chi connectivity index (χ3v) is 9.53. The number of amides is 2. The van der Waals surface area contributed by atoms with E-state index in [0.29, 0.717) is 24.9 Å². The van der Waals surface area contributed by atoms with Crippen LogP contribution in [0.1, 0.15) is 70.7 Å². The Morgan fingerprint density at radius 3 is 2.30 bits per heavy atom. The van der Waals surface area contributed by atoms with Crippen molar-refractivity contribution in [3.05, 3.63) is 29.8 Å². The Balaban J connectivity index is 1.69. The molecule has 2 amide bonds. The smallest absolute Gasteiger partial charge is 0.251 e. The lowest BCUT2D eigenvalue weighted by atomic mass is 9.84. The monoisotopic (exact) mass is 477 g/mol. The Labute approximate surface area is 198 Å². The summed E-state index contributed by atoms with van der Waals surface area (Å²) >= 11 is 0. The van der Waals surface area contributed by atoms with Gasteiger partial charge in [0.2, 0.25) is 15.9 Å². The van der Waals surface area contributed by atoms with Crippen molar-refractivity contribution in [3.63, 3.8) is 0 Å². The molecule has 2 fully saturated rings. The van der Waals surface area contributed by atoms with Crippen LogP contribution in [0.5, 0.6) is 0 Å². The average Bonchev–Trinajstić information content (AvgIpc) is 3.41. The van der Waals surface area contributed by atoms with E-state index in [1.54, 1.807) is 26.0 Å². The highest BCUT2D eigenvalue weighted by Crippen LogP contribution is 2.49. The lowest BCUT2D eigenvalue weighted by Crippen LogP contribution is -2.53. The molecule has 33 heavy (non-hydrogen) atoms.